The summed E-state index contributed by atoms with van der Waals surface area (Å²) in [6.07, 6.45) is -0.349. The molecule has 4 aromatic carbocycles. The van der Waals surface area contributed by atoms with Crippen LogP contribution in [-0.4, -0.2) is 22.2 Å². The van der Waals surface area contributed by atoms with Gasteiger partial charge in [0.2, 0.25) is 0 Å². The molecule has 35 heavy (non-hydrogen) atoms. The van der Waals surface area contributed by atoms with E-state index in [0.29, 0.717) is 0 Å². The third-order valence-electron chi connectivity index (χ3n) is 5.01. The van der Waals surface area contributed by atoms with Crippen LogP contribution in [0.1, 0.15) is 44.9 Å². The average Bonchev–Trinajstić information content (AvgIpc) is 2.89. The molecule has 0 saturated heterocycles. The van der Waals surface area contributed by atoms with Crippen LogP contribution >= 0.6 is 0 Å². The van der Waals surface area contributed by atoms with Gasteiger partial charge in [-0.25, -0.2) is 9.59 Å². The predicted octanol–water partition coefficient (Wildman–Crippen LogP) is 6.06. The molecule has 178 valence electrons. The monoisotopic (exact) mass is 470 g/mol. The number of benzene rings is 4. The molecular formula is C29H26O6. The molecule has 1 unspecified atom stereocenters. The van der Waals surface area contributed by atoms with Crippen molar-refractivity contribution in [3.05, 3.63) is 131 Å². The number of hydrogen-bond donors (Lipinski definition) is 2. The maximum Gasteiger partial charge on any atom is 0.342 e. The van der Waals surface area contributed by atoms with Crippen LogP contribution in [0.4, 0.5) is 0 Å². The fraction of sp³-hybridized carbons (Fsp3) is 0.103. The largest absolute Gasteiger partial charge is 0.507 e. The molecule has 4 rings (SSSR count). The van der Waals surface area contributed by atoms with Crippen molar-refractivity contribution in [1.82, 2.24) is 0 Å². The summed E-state index contributed by atoms with van der Waals surface area (Å²) < 4.78 is 10.4. The topological polar surface area (TPSA) is 93.1 Å². The smallest absolute Gasteiger partial charge is 0.342 e. The van der Waals surface area contributed by atoms with Gasteiger partial charge in [-0.05, 0) is 42.3 Å². The van der Waals surface area contributed by atoms with E-state index in [1.54, 1.807) is 31.2 Å². The Labute approximate surface area is 204 Å². The lowest BCUT2D eigenvalue weighted by Gasteiger charge is -2.13. The lowest BCUT2D eigenvalue weighted by atomic mass is 10.1. The molecular weight excluding hydrogens is 444 g/mol. The lowest BCUT2D eigenvalue weighted by Crippen LogP contribution is -2.09. The van der Waals surface area contributed by atoms with Crippen molar-refractivity contribution in [2.24, 2.45) is 0 Å². The summed E-state index contributed by atoms with van der Waals surface area (Å²) in [6, 6.07) is 31.5. The molecule has 0 aliphatic carbocycles. The van der Waals surface area contributed by atoms with Gasteiger partial charge in [-0.15, -0.1) is 0 Å². The Balaban J connectivity index is 0.000000196. The number of esters is 2. The van der Waals surface area contributed by atoms with E-state index in [2.05, 4.69) is 0 Å². The molecule has 4 aromatic rings. The zero-order valence-electron chi connectivity index (χ0n) is 19.2. The van der Waals surface area contributed by atoms with E-state index in [1.807, 2.05) is 60.7 Å². The van der Waals surface area contributed by atoms with Gasteiger partial charge in [0, 0.05) is 0 Å². The number of carbonyl (C=O) groups is 2. The third-order valence-corrected chi connectivity index (χ3v) is 5.01. The van der Waals surface area contributed by atoms with Crippen molar-refractivity contribution in [3.63, 3.8) is 0 Å². The molecule has 6 heteroatoms. The van der Waals surface area contributed by atoms with Crippen LogP contribution in [0.25, 0.3) is 0 Å². The Bertz CT molecular complexity index is 1240. The van der Waals surface area contributed by atoms with Crippen LogP contribution in [0.2, 0.25) is 0 Å². The van der Waals surface area contributed by atoms with Crippen LogP contribution in [0.15, 0.2) is 109 Å². The molecule has 0 amide bonds. The fourth-order valence-electron chi connectivity index (χ4n) is 3.11. The van der Waals surface area contributed by atoms with Crippen LogP contribution in [0, 0.1) is 0 Å². The minimum Gasteiger partial charge on any atom is -0.507 e. The summed E-state index contributed by atoms with van der Waals surface area (Å²) in [5, 5.41) is 19.0. The highest BCUT2D eigenvalue weighted by Gasteiger charge is 2.16. The Kier molecular flexibility index (Phi) is 9.02. The first-order chi connectivity index (χ1) is 17.0. The molecule has 0 radical (unpaired) electrons. The number of aromatic hydroxyl groups is 2. The number of hydrogen-bond acceptors (Lipinski definition) is 6. The Morgan fingerprint density at radius 1 is 0.657 bits per heavy atom. The zero-order chi connectivity index (χ0) is 25.0. The van der Waals surface area contributed by atoms with Gasteiger partial charge in [-0.2, -0.15) is 0 Å². The molecule has 0 aromatic heterocycles. The predicted molar refractivity (Wildman–Crippen MR) is 132 cm³/mol. The van der Waals surface area contributed by atoms with E-state index in [9.17, 15) is 19.8 Å². The number of phenols is 2. The Morgan fingerprint density at radius 2 is 1.11 bits per heavy atom. The summed E-state index contributed by atoms with van der Waals surface area (Å²) in [6.45, 7) is 2.00. The quantitative estimate of drug-likeness (QED) is 0.333. The highest BCUT2D eigenvalue weighted by atomic mass is 16.5. The van der Waals surface area contributed by atoms with Gasteiger partial charge in [-0.3, -0.25) is 0 Å². The summed E-state index contributed by atoms with van der Waals surface area (Å²) >= 11 is 0. The summed E-state index contributed by atoms with van der Waals surface area (Å²) in [5.41, 5.74) is 2.20. The molecule has 0 aliphatic heterocycles. The first-order valence-corrected chi connectivity index (χ1v) is 11.0. The third kappa shape index (κ3) is 7.47. The van der Waals surface area contributed by atoms with E-state index in [-0.39, 0.29) is 35.3 Å². The lowest BCUT2D eigenvalue weighted by molar-refractivity contribution is 0.0334. The van der Waals surface area contributed by atoms with E-state index in [0.717, 1.165) is 11.1 Å². The van der Waals surface area contributed by atoms with E-state index >= 15 is 0 Å². The Morgan fingerprint density at radius 3 is 1.66 bits per heavy atom. The molecule has 0 fully saturated rings. The number of carbonyl (C=O) groups excluding carboxylic acids is 2. The first kappa shape index (κ1) is 25.1. The molecule has 0 aliphatic rings. The van der Waals surface area contributed by atoms with Crippen molar-refractivity contribution < 1.29 is 29.3 Å². The molecule has 1 atom stereocenters. The van der Waals surface area contributed by atoms with Gasteiger partial charge in [0.25, 0.3) is 0 Å². The van der Waals surface area contributed by atoms with E-state index < -0.39 is 11.9 Å². The SMILES string of the molecule is CC(OC(=O)c1ccccc1O)c1ccccc1.O=C(OCc1ccccc1)c1ccccc1O. The van der Waals surface area contributed by atoms with Crippen molar-refractivity contribution >= 4 is 11.9 Å². The van der Waals surface area contributed by atoms with Crippen LogP contribution < -0.4 is 0 Å². The zero-order valence-corrected chi connectivity index (χ0v) is 19.2. The van der Waals surface area contributed by atoms with Crippen molar-refractivity contribution in [3.8, 4) is 11.5 Å². The van der Waals surface area contributed by atoms with Crippen LogP contribution in [0.3, 0.4) is 0 Å². The highest BCUT2D eigenvalue weighted by molar-refractivity contribution is 5.92. The van der Waals surface area contributed by atoms with Gasteiger partial charge in [0.15, 0.2) is 0 Å². The van der Waals surface area contributed by atoms with E-state index in [1.165, 1.54) is 24.3 Å². The van der Waals surface area contributed by atoms with Gasteiger partial charge in [0.1, 0.15) is 35.3 Å². The van der Waals surface area contributed by atoms with Gasteiger partial charge < -0.3 is 19.7 Å². The van der Waals surface area contributed by atoms with Crippen molar-refractivity contribution in [2.45, 2.75) is 19.6 Å². The molecule has 0 saturated carbocycles. The summed E-state index contributed by atoms with van der Waals surface area (Å²) in [4.78, 5) is 23.5. The number of phenolic OH excluding ortho intramolecular Hbond substituents is 2. The maximum absolute atomic E-state index is 11.9. The van der Waals surface area contributed by atoms with Gasteiger partial charge in [0.05, 0.1) is 0 Å². The van der Waals surface area contributed by atoms with Crippen molar-refractivity contribution in [1.29, 1.82) is 0 Å². The second-order valence-electron chi connectivity index (χ2n) is 7.55. The normalized spacial score (nSPS) is 10.9. The fourth-order valence-corrected chi connectivity index (χ4v) is 3.11. The van der Waals surface area contributed by atoms with Gasteiger partial charge in [-0.1, -0.05) is 84.9 Å². The standard InChI is InChI=1S/C15H14O3.C14H12O3/c1-11(12-7-3-2-4-8-12)18-15(17)13-9-5-6-10-14(13)16;15-13-9-5-4-8-12(13)14(16)17-10-11-6-2-1-3-7-11/h2-11,16H,1H3;1-9,15H,10H2. The molecule has 2 N–H and O–H groups in total. The highest BCUT2D eigenvalue weighted by Crippen LogP contribution is 2.22. The van der Waals surface area contributed by atoms with Gasteiger partial charge >= 0.3 is 11.9 Å². The second kappa shape index (κ2) is 12.6. The maximum atomic E-state index is 11.9. The van der Waals surface area contributed by atoms with Crippen LogP contribution in [-0.2, 0) is 16.1 Å². The van der Waals surface area contributed by atoms with Crippen molar-refractivity contribution in [2.75, 3.05) is 0 Å². The first-order valence-electron chi connectivity index (χ1n) is 11.0. The minimum absolute atomic E-state index is 0.0643. The number of para-hydroxylation sites is 2. The van der Waals surface area contributed by atoms with E-state index in [4.69, 9.17) is 9.47 Å². The second-order valence-corrected chi connectivity index (χ2v) is 7.55. The Hall–Kier alpha value is -4.58. The average molecular weight is 471 g/mol. The van der Waals surface area contributed by atoms with Crippen LogP contribution in [0.5, 0.6) is 11.5 Å². The number of rotatable bonds is 6. The molecule has 0 bridgehead atoms. The summed E-state index contributed by atoms with van der Waals surface area (Å²) in [5.74, 6) is -1.18. The molecule has 0 spiro atoms. The molecule has 0 heterocycles. The summed E-state index contributed by atoms with van der Waals surface area (Å²) in [7, 11) is 0. The minimum atomic E-state index is -0.524. The number of ether oxygens (including phenoxy) is 2. The molecule has 6 nitrogen and oxygen atoms in total.